The second kappa shape index (κ2) is 5.58. The van der Waals surface area contributed by atoms with E-state index >= 15 is 0 Å². The van der Waals surface area contributed by atoms with Crippen molar-refractivity contribution in [2.75, 3.05) is 0 Å². The third-order valence-corrected chi connectivity index (χ3v) is 2.72. The third kappa shape index (κ3) is 4.82. The highest BCUT2D eigenvalue weighted by Gasteiger charge is 2.16. The molecule has 0 heterocycles. The summed E-state index contributed by atoms with van der Waals surface area (Å²) in [7, 11) is 0. The van der Waals surface area contributed by atoms with Crippen LogP contribution in [-0.4, -0.2) is 5.11 Å². The van der Waals surface area contributed by atoms with Crippen LogP contribution in [0.4, 0.5) is 8.78 Å². The lowest BCUT2D eigenvalue weighted by Crippen LogP contribution is -2.08. The first-order chi connectivity index (χ1) is 7.79. The SMILES string of the molecule is CC(C)(C)CCC(O)c1cccc(C(F)F)c1. The Balaban J connectivity index is 2.69. The molecule has 1 rings (SSSR count). The molecule has 1 unspecified atom stereocenters. The monoisotopic (exact) mass is 242 g/mol. The zero-order valence-corrected chi connectivity index (χ0v) is 10.6. The highest BCUT2D eigenvalue weighted by Crippen LogP contribution is 2.29. The minimum absolute atomic E-state index is 0.0303. The molecule has 17 heavy (non-hydrogen) atoms. The standard InChI is InChI=1S/C14H20F2O/c1-14(2,3)8-7-12(17)10-5-4-6-11(9-10)13(15)16/h4-6,9,12-13,17H,7-8H2,1-3H3. The Kier molecular flexibility index (Phi) is 4.63. The van der Waals surface area contributed by atoms with E-state index in [-0.39, 0.29) is 11.0 Å². The summed E-state index contributed by atoms with van der Waals surface area (Å²) in [5, 5.41) is 9.95. The van der Waals surface area contributed by atoms with E-state index in [2.05, 4.69) is 20.8 Å². The van der Waals surface area contributed by atoms with Crippen LogP contribution >= 0.6 is 0 Å². The van der Waals surface area contributed by atoms with E-state index in [0.29, 0.717) is 12.0 Å². The second-order valence-corrected chi connectivity index (χ2v) is 5.59. The number of aliphatic hydroxyl groups is 1. The van der Waals surface area contributed by atoms with Crippen molar-refractivity contribution in [2.24, 2.45) is 5.41 Å². The maximum Gasteiger partial charge on any atom is 0.263 e. The zero-order valence-electron chi connectivity index (χ0n) is 10.6. The van der Waals surface area contributed by atoms with E-state index < -0.39 is 12.5 Å². The molecule has 1 aromatic rings. The highest BCUT2D eigenvalue weighted by atomic mass is 19.3. The topological polar surface area (TPSA) is 20.2 Å². The van der Waals surface area contributed by atoms with Gasteiger partial charge in [-0.2, -0.15) is 0 Å². The predicted molar refractivity (Wildman–Crippen MR) is 65.0 cm³/mol. The summed E-state index contributed by atoms with van der Waals surface area (Å²) in [5.74, 6) is 0. The minimum Gasteiger partial charge on any atom is -0.388 e. The summed E-state index contributed by atoms with van der Waals surface area (Å²) in [6.45, 7) is 6.28. The summed E-state index contributed by atoms with van der Waals surface area (Å²) in [6.07, 6.45) is -1.69. The van der Waals surface area contributed by atoms with Gasteiger partial charge < -0.3 is 5.11 Å². The van der Waals surface area contributed by atoms with Crippen LogP contribution in [0.3, 0.4) is 0 Å². The van der Waals surface area contributed by atoms with Crippen LogP contribution in [-0.2, 0) is 0 Å². The van der Waals surface area contributed by atoms with Gasteiger partial charge in [0.2, 0.25) is 0 Å². The Morgan fingerprint density at radius 1 is 1.18 bits per heavy atom. The molecule has 96 valence electrons. The van der Waals surface area contributed by atoms with Crippen molar-refractivity contribution in [1.29, 1.82) is 0 Å². The van der Waals surface area contributed by atoms with Crippen molar-refractivity contribution in [3.63, 3.8) is 0 Å². The van der Waals surface area contributed by atoms with E-state index in [4.69, 9.17) is 0 Å². The van der Waals surface area contributed by atoms with E-state index in [1.54, 1.807) is 12.1 Å². The molecule has 0 spiro atoms. The van der Waals surface area contributed by atoms with Crippen molar-refractivity contribution in [3.8, 4) is 0 Å². The Labute approximate surface area is 101 Å². The molecule has 0 aliphatic carbocycles. The molecule has 1 atom stereocenters. The van der Waals surface area contributed by atoms with E-state index in [9.17, 15) is 13.9 Å². The molecule has 0 aromatic heterocycles. The molecule has 1 N–H and O–H groups in total. The van der Waals surface area contributed by atoms with E-state index in [1.807, 2.05) is 0 Å². The molecule has 0 bridgehead atoms. The van der Waals surface area contributed by atoms with Gasteiger partial charge >= 0.3 is 0 Å². The summed E-state index contributed by atoms with van der Waals surface area (Å²) in [5.41, 5.74) is 0.686. The van der Waals surface area contributed by atoms with Gasteiger partial charge in [0.05, 0.1) is 6.10 Å². The lowest BCUT2D eigenvalue weighted by molar-refractivity contribution is 0.142. The molecular weight excluding hydrogens is 222 g/mol. The molecule has 0 aliphatic rings. The summed E-state index contributed by atoms with van der Waals surface area (Å²) >= 11 is 0. The van der Waals surface area contributed by atoms with Crippen molar-refractivity contribution in [1.82, 2.24) is 0 Å². The maximum atomic E-state index is 12.5. The number of benzene rings is 1. The van der Waals surface area contributed by atoms with Gasteiger partial charge in [0.15, 0.2) is 0 Å². The number of hydrogen-bond donors (Lipinski definition) is 1. The lowest BCUT2D eigenvalue weighted by atomic mass is 9.88. The lowest BCUT2D eigenvalue weighted by Gasteiger charge is -2.20. The van der Waals surface area contributed by atoms with Gasteiger partial charge in [-0.25, -0.2) is 8.78 Å². The number of aliphatic hydroxyl groups excluding tert-OH is 1. The van der Waals surface area contributed by atoms with Crippen molar-refractivity contribution in [3.05, 3.63) is 35.4 Å². The van der Waals surface area contributed by atoms with E-state index in [1.165, 1.54) is 12.1 Å². The minimum atomic E-state index is -2.48. The first kappa shape index (κ1) is 14.1. The molecule has 0 fully saturated rings. The molecule has 1 nitrogen and oxygen atoms in total. The Morgan fingerprint density at radius 2 is 1.76 bits per heavy atom. The van der Waals surface area contributed by atoms with Crippen molar-refractivity contribution >= 4 is 0 Å². The maximum absolute atomic E-state index is 12.5. The van der Waals surface area contributed by atoms with Gasteiger partial charge in [0.1, 0.15) is 0 Å². The first-order valence-corrected chi connectivity index (χ1v) is 5.86. The van der Waals surface area contributed by atoms with Crippen LogP contribution < -0.4 is 0 Å². The van der Waals surface area contributed by atoms with Crippen molar-refractivity contribution < 1.29 is 13.9 Å². The molecule has 3 heteroatoms. The normalized spacial score (nSPS) is 14.1. The first-order valence-electron chi connectivity index (χ1n) is 5.86. The Morgan fingerprint density at radius 3 is 2.29 bits per heavy atom. The molecule has 0 saturated carbocycles. The zero-order chi connectivity index (χ0) is 13.1. The van der Waals surface area contributed by atoms with Crippen molar-refractivity contribution in [2.45, 2.75) is 46.1 Å². The van der Waals surface area contributed by atoms with Crippen LogP contribution in [0.1, 0.15) is 57.3 Å². The predicted octanol–water partition coefficient (Wildman–Crippen LogP) is 4.48. The quantitative estimate of drug-likeness (QED) is 0.825. The van der Waals surface area contributed by atoms with Gasteiger partial charge in [-0.05, 0) is 29.9 Å². The third-order valence-electron chi connectivity index (χ3n) is 2.72. The Bertz CT molecular complexity index is 355. The Hall–Kier alpha value is -0.960. The number of rotatable bonds is 4. The fourth-order valence-corrected chi connectivity index (χ4v) is 1.64. The number of alkyl halides is 2. The van der Waals surface area contributed by atoms with E-state index in [0.717, 1.165) is 6.42 Å². The van der Waals surface area contributed by atoms with Gasteiger partial charge in [0, 0.05) is 5.56 Å². The molecule has 0 radical (unpaired) electrons. The molecule has 0 amide bonds. The van der Waals surface area contributed by atoms with Gasteiger partial charge in [0.25, 0.3) is 6.43 Å². The van der Waals surface area contributed by atoms with Gasteiger partial charge in [-0.15, -0.1) is 0 Å². The largest absolute Gasteiger partial charge is 0.388 e. The summed E-state index contributed by atoms with van der Waals surface area (Å²) < 4.78 is 25.0. The van der Waals surface area contributed by atoms with Gasteiger partial charge in [-0.1, -0.05) is 39.0 Å². The molecule has 1 aromatic carbocycles. The van der Waals surface area contributed by atoms with Crippen LogP contribution in [0.25, 0.3) is 0 Å². The number of halogens is 2. The van der Waals surface area contributed by atoms with Gasteiger partial charge in [-0.3, -0.25) is 0 Å². The average molecular weight is 242 g/mol. The highest BCUT2D eigenvalue weighted by molar-refractivity contribution is 5.25. The summed E-state index contributed by atoms with van der Waals surface area (Å²) in [4.78, 5) is 0. The second-order valence-electron chi connectivity index (χ2n) is 5.59. The fourth-order valence-electron chi connectivity index (χ4n) is 1.64. The average Bonchev–Trinajstić information content (AvgIpc) is 2.25. The fraction of sp³-hybridized carbons (Fsp3) is 0.571. The van der Waals surface area contributed by atoms with Crippen LogP contribution in [0.5, 0.6) is 0 Å². The van der Waals surface area contributed by atoms with Crippen LogP contribution in [0.2, 0.25) is 0 Å². The summed E-state index contributed by atoms with van der Waals surface area (Å²) in [6, 6.07) is 6.03. The smallest absolute Gasteiger partial charge is 0.263 e. The van der Waals surface area contributed by atoms with Crippen LogP contribution in [0, 0.1) is 5.41 Å². The molecule has 0 aliphatic heterocycles. The van der Waals surface area contributed by atoms with Crippen LogP contribution in [0.15, 0.2) is 24.3 Å². The molecular formula is C14H20F2O. The molecule has 0 saturated heterocycles. The number of hydrogen-bond acceptors (Lipinski definition) is 1.